The van der Waals surface area contributed by atoms with Crippen LogP contribution < -0.4 is 4.74 Å². The van der Waals surface area contributed by atoms with Crippen molar-refractivity contribution in [1.82, 2.24) is 4.98 Å². The maximum atomic E-state index is 10.3. The minimum Gasteiger partial charge on any atom is -0.492 e. The lowest BCUT2D eigenvalue weighted by atomic mass is 10.1. The predicted molar refractivity (Wildman–Crippen MR) is 70.5 cm³/mol. The fourth-order valence-electron chi connectivity index (χ4n) is 1.41. The lowest BCUT2D eigenvalue weighted by molar-refractivity contribution is -0.131. The summed E-state index contributed by atoms with van der Waals surface area (Å²) in [6.07, 6.45) is 6.29. The Morgan fingerprint density at radius 3 is 2.83 bits per heavy atom. The first-order valence-corrected chi connectivity index (χ1v) is 6.08. The highest BCUT2D eigenvalue weighted by molar-refractivity contribution is 5.84. The number of rotatable bonds is 7. The summed E-state index contributed by atoms with van der Waals surface area (Å²) in [5.41, 5.74) is 0.604. The Balaban J connectivity index is 2.38. The number of aliphatic carboxylic acids is 1. The van der Waals surface area contributed by atoms with E-state index in [4.69, 9.17) is 9.84 Å². The van der Waals surface area contributed by atoms with Gasteiger partial charge in [0, 0.05) is 6.08 Å². The van der Waals surface area contributed by atoms with Crippen LogP contribution in [0.15, 0.2) is 24.4 Å². The summed E-state index contributed by atoms with van der Waals surface area (Å²) in [7, 11) is 0. The molecule has 0 aromatic carbocycles. The van der Waals surface area contributed by atoms with Crippen molar-refractivity contribution < 1.29 is 14.6 Å². The van der Waals surface area contributed by atoms with Crippen LogP contribution in [-0.4, -0.2) is 22.7 Å². The summed E-state index contributed by atoms with van der Waals surface area (Å²) in [6, 6.07) is 3.53. The number of carboxylic acids is 1. The van der Waals surface area contributed by atoms with Gasteiger partial charge in [-0.05, 0) is 37.0 Å². The standard InChI is InChI=1S/C14H19NO3/c1-11(2)4-3-9-18-13-7-5-12(15-10-13)6-8-14(16)17/h5-8,10-11H,3-4,9H2,1-2H3,(H,16,17)/b8-6+. The predicted octanol–water partition coefficient (Wildman–Crippen LogP) is 2.99. The zero-order valence-corrected chi connectivity index (χ0v) is 10.8. The normalized spacial score (nSPS) is 11.1. The smallest absolute Gasteiger partial charge is 0.328 e. The topological polar surface area (TPSA) is 59.4 Å². The molecule has 18 heavy (non-hydrogen) atoms. The van der Waals surface area contributed by atoms with Gasteiger partial charge in [-0.15, -0.1) is 0 Å². The summed E-state index contributed by atoms with van der Waals surface area (Å²) in [6.45, 7) is 5.06. The van der Waals surface area contributed by atoms with E-state index in [2.05, 4.69) is 18.8 Å². The van der Waals surface area contributed by atoms with E-state index < -0.39 is 5.97 Å². The molecule has 0 radical (unpaired) electrons. The molecule has 4 nitrogen and oxygen atoms in total. The molecule has 0 saturated heterocycles. The molecular formula is C14H19NO3. The van der Waals surface area contributed by atoms with Crippen molar-refractivity contribution in [2.75, 3.05) is 6.61 Å². The van der Waals surface area contributed by atoms with Gasteiger partial charge in [0.05, 0.1) is 18.5 Å². The van der Waals surface area contributed by atoms with Gasteiger partial charge in [-0.2, -0.15) is 0 Å². The van der Waals surface area contributed by atoms with Crippen LogP contribution in [-0.2, 0) is 4.79 Å². The van der Waals surface area contributed by atoms with Gasteiger partial charge >= 0.3 is 5.97 Å². The molecule has 0 bridgehead atoms. The fraction of sp³-hybridized carbons (Fsp3) is 0.429. The van der Waals surface area contributed by atoms with E-state index >= 15 is 0 Å². The first kappa shape index (κ1) is 14.2. The molecule has 0 aliphatic heterocycles. The van der Waals surface area contributed by atoms with Gasteiger partial charge in [0.1, 0.15) is 5.75 Å². The van der Waals surface area contributed by atoms with Crippen molar-refractivity contribution >= 4 is 12.0 Å². The van der Waals surface area contributed by atoms with Crippen molar-refractivity contribution in [2.24, 2.45) is 5.92 Å². The van der Waals surface area contributed by atoms with Crippen molar-refractivity contribution in [1.29, 1.82) is 0 Å². The second-order valence-electron chi connectivity index (χ2n) is 4.47. The summed E-state index contributed by atoms with van der Waals surface area (Å²) in [5, 5.41) is 8.48. The van der Waals surface area contributed by atoms with Gasteiger partial charge in [-0.25, -0.2) is 4.79 Å². The van der Waals surface area contributed by atoms with Gasteiger partial charge in [0.15, 0.2) is 0 Å². The highest BCUT2D eigenvalue weighted by Gasteiger charge is 1.97. The van der Waals surface area contributed by atoms with Crippen LogP contribution in [0.2, 0.25) is 0 Å². The minimum atomic E-state index is -0.981. The van der Waals surface area contributed by atoms with E-state index in [0.717, 1.165) is 18.9 Å². The molecule has 1 aromatic heterocycles. The summed E-state index contributed by atoms with van der Waals surface area (Å²) in [4.78, 5) is 14.4. The Labute approximate surface area is 107 Å². The molecule has 0 atom stereocenters. The van der Waals surface area contributed by atoms with Crippen LogP contribution in [0.25, 0.3) is 6.08 Å². The summed E-state index contributed by atoms with van der Waals surface area (Å²) >= 11 is 0. The summed E-state index contributed by atoms with van der Waals surface area (Å²) < 4.78 is 5.53. The van der Waals surface area contributed by atoms with E-state index in [0.29, 0.717) is 24.0 Å². The second-order valence-corrected chi connectivity index (χ2v) is 4.47. The average Bonchev–Trinajstić information content (AvgIpc) is 2.33. The SMILES string of the molecule is CC(C)CCCOc1ccc(/C=C/C(=O)O)nc1. The minimum absolute atomic E-state index is 0.604. The molecule has 98 valence electrons. The third-order valence-corrected chi connectivity index (χ3v) is 2.35. The molecule has 0 saturated carbocycles. The number of pyridine rings is 1. The summed E-state index contributed by atoms with van der Waals surface area (Å²) in [5.74, 6) is 0.423. The van der Waals surface area contributed by atoms with Gasteiger partial charge < -0.3 is 9.84 Å². The van der Waals surface area contributed by atoms with Crippen LogP contribution in [0.3, 0.4) is 0 Å². The lowest BCUT2D eigenvalue weighted by Gasteiger charge is -2.07. The molecule has 0 spiro atoms. The lowest BCUT2D eigenvalue weighted by Crippen LogP contribution is -2.00. The first-order chi connectivity index (χ1) is 8.58. The monoisotopic (exact) mass is 249 g/mol. The Morgan fingerprint density at radius 2 is 2.28 bits per heavy atom. The Morgan fingerprint density at radius 1 is 1.50 bits per heavy atom. The molecule has 0 amide bonds. The molecule has 1 heterocycles. The van der Waals surface area contributed by atoms with E-state index in [1.807, 2.05) is 0 Å². The zero-order chi connectivity index (χ0) is 13.4. The van der Waals surface area contributed by atoms with E-state index in [1.165, 1.54) is 6.08 Å². The average molecular weight is 249 g/mol. The van der Waals surface area contributed by atoms with E-state index in [9.17, 15) is 4.79 Å². The first-order valence-electron chi connectivity index (χ1n) is 6.08. The van der Waals surface area contributed by atoms with Crippen molar-refractivity contribution in [2.45, 2.75) is 26.7 Å². The number of aromatic nitrogens is 1. The molecule has 0 aliphatic rings. The highest BCUT2D eigenvalue weighted by Crippen LogP contribution is 2.11. The molecule has 4 heteroatoms. The Hall–Kier alpha value is -1.84. The molecule has 0 fully saturated rings. The van der Waals surface area contributed by atoms with Crippen LogP contribution in [0.1, 0.15) is 32.4 Å². The molecule has 1 rings (SSSR count). The van der Waals surface area contributed by atoms with Gasteiger partial charge in [-0.1, -0.05) is 13.8 Å². The quantitative estimate of drug-likeness (QED) is 0.596. The van der Waals surface area contributed by atoms with Crippen LogP contribution in [0.5, 0.6) is 5.75 Å². The van der Waals surface area contributed by atoms with Crippen LogP contribution in [0.4, 0.5) is 0 Å². The second kappa shape index (κ2) is 7.48. The number of carboxylic acid groups (broad SMARTS) is 1. The number of carbonyl (C=O) groups is 1. The third-order valence-electron chi connectivity index (χ3n) is 2.35. The van der Waals surface area contributed by atoms with Gasteiger partial charge in [-0.3, -0.25) is 4.98 Å². The Kier molecular flexibility index (Phi) is 5.91. The van der Waals surface area contributed by atoms with Crippen molar-refractivity contribution in [3.63, 3.8) is 0 Å². The molecule has 1 N–H and O–H groups in total. The van der Waals surface area contributed by atoms with Crippen LogP contribution in [0, 0.1) is 5.92 Å². The van der Waals surface area contributed by atoms with Crippen LogP contribution >= 0.6 is 0 Å². The number of hydrogen-bond donors (Lipinski definition) is 1. The molecule has 1 aromatic rings. The highest BCUT2D eigenvalue weighted by atomic mass is 16.5. The van der Waals surface area contributed by atoms with Crippen molar-refractivity contribution in [3.05, 3.63) is 30.1 Å². The molecule has 0 aliphatic carbocycles. The zero-order valence-electron chi connectivity index (χ0n) is 10.8. The number of hydrogen-bond acceptors (Lipinski definition) is 3. The van der Waals surface area contributed by atoms with Gasteiger partial charge in [0.25, 0.3) is 0 Å². The number of nitrogens with zero attached hydrogens (tertiary/aromatic N) is 1. The fourth-order valence-corrected chi connectivity index (χ4v) is 1.41. The maximum absolute atomic E-state index is 10.3. The Bertz CT molecular complexity index is 396. The van der Waals surface area contributed by atoms with Gasteiger partial charge in [0.2, 0.25) is 0 Å². The number of ether oxygens (including phenoxy) is 1. The maximum Gasteiger partial charge on any atom is 0.328 e. The molecular weight excluding hydrogens is 230 g/mol. The van der Waals surface area contributed by atoms with E-state index in [-0.39, 0.29) is 0 Å². The third kappa shape index (κ3) is 6.03. The van der Waals surface area contributed by atoms with Crippen molar-refractivity contribution in [3.8, 4) is 5.75 Å². The van der Waals surface area contributed by atoms with E-state index in [1.54, 1.807) is 18.3 Å². The largest absolute Gasteiger partial charge is 0.492 e. The molecule has 0 unspecified atom stereocenters.